The van der Waals surface area contributed by atoms with Gasteiger partial charge < -0.3 is 4.90 Å². The number of anilines is 1. The van der Waals surface area contributed by atoms with E-state index >= 15 is 0 Å². The second-order valence-corrected chi connectivity index (χ2v) is 8.72. The van der Waals surface area contributed by atoms with Gasteiger partial charge in [0.05, 0.1) is 22.6 Å². The zero-order valence-electron chi connectivity index (χ0n) is 19.2. The molecule has 1 aliphatic heterocycles. The normalized spacial score (nSPS) is 16.0. The van der Waals surface area contributed by atoms with E-state index in [0.717, 1.165) is 54.9 Å². The molecule has 1 fully saturated rings. The molecule has 0 radical (unpaired) electrons. The van der Waals surface area contributed by atoms with Gasteiger partial charge in [0.2, 0.25) is 0 Å². The van der Waals surface area contributed by atoms with Crippen LogP contribution in [0.2, 0.25) is 0 Å². The van der Waals surface area contributed by atoms with Crippen molar-refractivity contribution in [3.63, 3.8) is 0 Å². The molecule has 2 aromatic carbocycles. The minimum absolute atomic E-state index is 0.129. The van der Waals surface area contributed by atoms with Gasteiger partial charge in [0.1, 0.15) is 6.04 Å². The van der Waals surface area contributed by atoms with Crippen LogP contribution >= 0.6 is 0 Å². The number of aromatic nitrogens is 3. The number of nitrogens with zero attached hydrogens (tertiary/aromatic N) is 5. The minimum atomic E-state index is -0.332. The molecule has 33 heavy (non-hydrogen) atoms. The summed E-state index contributed by atoms with van der Waals surface area (Å²) in [5.74, 6) is 0.129. The third-order valence-electron chi connectivity index (χ3n) is 6.46. The van der Waals surface area contributed by atoms with E-state index in [1.807, 2.05) is 59.5 Å². The molecule has 0 aliphatic carbocycles. The first kappa shape index (κ1) is 21.3. The van der Waals surface area contributed by atoms with Gasteiger partial charge in [0.25, 0.3) is 0 Å². The molecule has 1 unspecified atom stereocenters. The molecule has 3 heterocycles. The summed E-state index contributed by atoms with van der Waals surface area (Å²) in [7, 11) is 0. The van der Waals surface area contributed by atoms with Crippen LogP contribution in [0.3, 0.4) is 0 Å². The number of benzene rings is 2. The van der Waals surface area contributed by atoms with Crippen molar-refractivity contribution >= 4 is 22.4 Å². The average molecular weight is 440 g/mol. The Labute approximate surface area is 194 Å². The van der Waals surface area contributed by atoms with Gasteiger partial charge in [-0.2, -0.15) is 5.10 Å². The minimum Gasteiger partial charge on any atom is -0.368 e. The molecule has 1 atom stereocenters. The smallest absolute Gasteiger partial charge is 0.153 e. The third-order valence-corrected chi connectivity index (χ3v) is 6.46. The number of hydrogen-bond acceptors (Lipinski definition) is 5. The fourth-order valence-corrected chi connectivity index (χ4v) is 4.91. The van der Waals surface area contributed by atoms with Crippen molar-refractivity contribution in [3.8, 4) is 5.69 Å². The Hall–Kier alpha value is -3.51. The van der Waals surface area contributed by atoms with E-state index in [9.17, 15) is 4.79 Å². The molecule has 0 amide bonds. The number of rotatable bonds is 5. The predicted octanol–water partition coefficient (Wildman–Crippen LogP) is 4.57. The number of hydrogen-bond donors (Lipinski definition) is 0. The number of para-hydroxylation sites is 1. The molecule has 168 valence electrons. The first-order chi connectivity index (χ1) is 16.1. The van der Waals surface area contributed by atoms with E-state index in [1.54, 1.807) is 6.92 Å². The van der Waals surface area contributed by atoms with Gasteiger partial charge in [0.15, 0.2) is 5.78 Å². The molecule has 0 bridgehead atoms. The highest BCUT2D eigenvalue weighted by Gasteiger charge is 2.29. The average Bonchev–Trinajstić information content (AvgIpc) is 3.19. The summed E-state index contributed by atoms with van der Waals surface area (Å²) < 4.78 is 1.85. The van der Waals surface area contributed by atoms with Crippen molar-refractivity contribution in [3.05, 3.63) is 84.3 Å². The van der Waals surface area contributed by atoms with Gasteiger partial charge in [0, 0.05) is 44.0 Å². The van der Waals surface area contributed by atoms with Crippen molar-refractivity contribution in [2.24, 2.45) is 0 Å². The molecule has 2 aromatic heterocycles. The van der Waals surface area contributed by atoms with Crippen molar-refractivity contribution in [2.75, 3.05) is 31.1 Å². The molecule has 5 rings (SSSR count). The fourth-order valence-electron chi connectivity index (χ4n) is 4.91. The van der Waals surface area contributed by atoms with Crippen molar-refractivity contribution < 1.29 is 4.79 Å². The lowest BCUT2D eigenvalue weighted by Crippen LogP contribution is -2.37. The molecule has 1 saturated heterocycles. The first-order valence-corrected chi connectivity index (χ1v) is 11.6. The predicted molar refractivity (Wildman–Crippen MR) is 132 cm³/mol. The SMILES string of the molecule is CC(=O)C(c1ccn(-c2ccccc2)n1)N1CCCN(c2c(C)ccc3cccnc23)CC1. The van der Waals surface area contributed by atoms with Crippen LogP contribution in [-0.4, -0.2) is 51.6 Å². The Morgan fingerprint density at radius 2 is 1.79 bits per heavy atom. The van der Waals surface area contributed by atoms with Crippen LogP contribution in [0.1, 0.15) is 30.6 Å². The molecule has 4 aromatic rings. The number of carbonyl (C=O) groups excluding carboxylic acids is 1. The second-order valence-electron chi connectivity index (χ2n) is 8.72. The molecular weight excluding hydrogens is 410 g/mol. The lowest BCUT2D eigenvalue weighted by molar-refractivity contribution is -0.122. The number of pyridine rings is 1. The van der Waals surface area contributed by atoms with Crippen molar-refractivity contribution in [1.82, 2.24) is 19.7 Å². The summed E-state index contributed by atoms with van der Waals surface area (Å²) in [5.41, 5.74) is 5.30. The maximum atomic E-state index is 12.8. The van der Waals surface area contributed by atoms with Gasteiger partial charge in [-0.15, -0.1) is 0 Å². The quantitative estimate of drug-likeness (QED) is 0.456. The number of carbonyl (C=O) groups is 1. The van der Waals surface area contributed by atoms with Crippen LogP contribution in [0, 0.1) is 6.92 Å². The molecule has 0 saturated carbocycles. The first-order valence-electron chi connectivity index (χ1n) is 11.6. The zero-order valence-corrected chi connectivity index (χ0v) is 19.2. The van der Waals surface area contributed by atoms with E-state index in [2.05, 4.69) is 39.9 Å². The highest BCUT2D eigenvalue weighted by molar-refractivity contribution is 5.92. The van der Waals surface area contributed by atoms with E-state index in [-0.39, 0.29) is 11.8 Å². The van der Waals surface area contributed by atoms with Gasteiger partial charge in [-0.25, -0.2) is 4.68 Å². The number of fused-ring (bicyclic) bond motifs is 1. The Kier molecular flexibility index (Phi) is 5.92. The Bertz CT molecular complexity index is 1270. The Morgan fingerprint density at radius 3 is 2.61 bits per heavy atom. The summed E-state index contributed by atoms with van der Waals surface area (Å²) in [4.78, 5) is 22.2. The molecular formula is C27H29N5O. The summed E-state index contributed by atoms with van der Waals surface area (Å²) >= 11 is 0. The van der Waals surface area contributed by atoms with Crippen LogP contribution in [0.15, 0.2) is 73.1 Å². The Morgan fingerprint density at radius 1 is 0.939 bits per heavy atom. The van der Waals surface area contributed by atoms with Crippen LogP contribution < -0.4 is 4.90 Å². The molecule has 6 nitrogen and oxygen atoms in total. The molecule has 6 heteroatoms. The largest absolute Gasteiger partial charge is 0.368 e. The number of ketones is 1. The summed E-state index contributed by atoms with van der Waals surface area (Å²) in [6.07, 6.45) is 4.78. The molecule has 1 aliphatic rings. The number of Topliss-reactive ketones (excluding diaryl/α,β-unsaturated/α-hetero) is 1. The topological polar surface area (TPSA) is 54.3 Å². The maximum absolute atomic E-state index is 12.8. The van der Waals surface area contributed by atoms with Crippen molar-refractivity contribution in [1.29, 1.82) is 0 Å². The van der Waals surface area contributed by atoms with E-state index in [1.165, 1.54) is 11.3 Å². The fraction of sp³-hybridized carbons (Fsp3) is 0.296. The van der Waals surface area contributed by atoms with Crippen LogP contribution in [0.25, 0.3) is 16.6 Å². The van der Waals surface area contributed by atoms with Gasteiger partial charge in [-0.3, -0.25) is 14.7 Å². The lowest BCUT2D eigenvalue weighted by Gasteiger charge is -2.28. The van der Waals surface area contributed by atoms with Crippen LogP contribution in [0.4, 0.5) is 5.69 Å². The summed E-state index contributed by atoms with van der Waals surface area (Å²) in [6, 6.07) is 20.1. The van der Waals surface area contributed by atoms with Gasteiger partial charge >= 0.3 is 0 Å². The van der Waals surface area contributed by atoms with E-state index < -0.39 is 0 Å². The molecule has 0 spiro atoms. The highest BCUT2D eigenvalue weighted by atomic mass is 16.1. The standard InChI is InChI=1S/C27H29N5O/c1-20-11-12-22-8-6-14-28-25(22)26(20)30-15-7-16-31(19-18-30)27(21(2)33)24-13-17-32(29-24)23-9-4-3-5-10-23/h3-6,8-14,17,27H,7,15-16,18-19H2,1-2H3. The third kappa shape index (κ3) is 4.26. The summed E-state index contributed by atoms with van der Waals surface area (Å²) in [6.45, 7) is 7.27. The Balaban J connectivity index is 1.40. The van der Waals surface area contributed by atoms with Crippen molar-refractivity contribution in [2.45, 2.75) is 26.3 Å². The zero-order chi connectivity index (χ0) is 22.8. The lowest BCUT2D eigenvalue weighted by atomic mass is 10.1. The maximum Gasteiger partial charge on any atom is 0.153 e. The monoisotopic (exact) mass is 439 g/mol. The summed E-state index contributed by atoms with van der Waals surface area (Å²) in [5, 5.41) is 5.93. The van der Waals surface area contributed by atoms with E-state index in [4.69, 9.17) is 5.10 Å². The highest BCUT2D eigenvalue weighted by Crippen LogP contribution is 2.31. The number of aryl methyl sites for hydroxylation is 1. The second kappa shape index (κ2) is 9.16. The molecule has 0 N–H and O–H groups in total. The van der Waals surface area contributed by atoms with Gasteiger partial charge in [-0.05, 0) is 50.1 Å². The van der Waals surface area contributed by atoms with E-state index in [0.29, 0.717) is 0 Å². The van der Waals surface area contributed by atoms with Gasteiger partial charge in [-0.1, -0.05) is 36.4 Å². The van der Waals surface area contributed by atoms with Crippen LogP contribution in [-0.2, 0) is 4.79 Å². The van der Waals surface area contributed by atoms with Crippen LogP contribution in [0.5, 0.6) is 0 Å².